The van der Waals surface area contributed by atoms with Gasteiger partial charge in [0, 0.05) is 16.9 Å². The van der Waals surface area contributed by atoms with Crippen molar-refractivity contribution in [2.24, 2.45) is 5.92 Å². The molecule has 8 heteroatoms. The third-order valence-electron chi connectivity index (χ3n) is 5.04. The number of methoxy groups -OCH3 is 1. The van der Waals surface area contributed by atoms with E-state index >= 15 is 0 Å². The van der Waals surface area contributed by atoms with Crippen LogP contribution in [0.1, 0.15) is 24.2 Å². The summed E-state index contributed by atoms with van der Waals surface area (Å²) in [7, 11) is 1.53. The summed E-state index contributed by atoms with van der Waals surface area (Å²) in [5, 5.41) is 11.0. The lowest BCUT2D eigenvalue weighted by atomic mass is 10.0. The average molecular weight is 461 g/mol. The molecule has 0 aliphatic heterocycles. The lowest BCUT2D eigenvalue weighted by Gasteiger charge is -2.22. The largest absolute Gasteiger partial charge is 0.495 e. The van der Waals surface area contributed by atoms with Gasteiger partial charge in [0.2, 0.25) is 5.91 Å². The Balaban J connectivity index is 1.60. The summed E-state index contributed by atoms with van der Waals surface area (Å²) in [4.78, 5) is 37.7. The van der Waals surface area contributed by atoms with Gasteiger partial charge in [0.15, 0.2) is 0 Å². The van der Waals surface area contributed by atoms with Crippen LogP contribution in [0.3, 0.4) is 0 Å². The molecule has 0 saturated carbocycles. The van der Waals surface area contributed by atoms with Gasteiger partial charge < -0.3 is 26.0 Å². The zero-order valence-corrected chi connectivity index (χ0v) is 19.3. The topological polar surface area (TPSA) is 109 Å². The lowest BCUT2D eigenvalue weighted by Crippen LogP contribution is -2.48. The van der Waals surface area contributed by atoms with Crippen LogP contribution in [0.5, 0.6) is 5.75 Å². The van der Waals surface area contributed by atoms with Gasteiger partial charge in [0.1, 0.15) is 11.8 Å². The SMILES string of the molecule is COc1ccccc1NC(=O)c1ccc(NC(=O)C(NC(=O)Nc2ccccc2)C(C)C)cc1. The quantitative estimate of drug-likeness (QED) is 0.390. The van der Waals surface area contributed by atoms with Crippen LogP contribution < -0.4 is 26.0 Å². The number of urea groups is 1. The van der Waals surface area contributed by atoms with E-state index in [1.807, 2.05) is 38.1 Å². The van der Waals surface area contributed by atoms with Crippen molar-refractivity contribution < 1.29 is 19.1 Å². The molecule has 34 heavy (non-hydrogen) atoms. The van der Waals surface area contributed by atoms with Crippen LogP contribution >= 0.6 is 0 Å². The minimum absolute atomic E-state index is 0.146. The van der Waals surface area contributed by atoms with Crippen molar-refractivity contribution in [1.82, 2.24) is 5.32 Å². The van der Waals surface area contributed by atoms with E-state index in [2.05, 4.69) is 21.3 Å². The number of rotatable bonds is 8. The first-order chi connectivity index (χ1) is 16.4. The lowest BCUT2D eigenvalue weighted by molar-refractivity contribution is -0.118. The number of para-hydroxylation sites is 3. The van der Waals surface area contributed by atoms with Gasteiger partial charge in [-0.3, -0.25) is 9.59 Å². The summed E-state index contributed by atoms with van der Waals surface area (Å²) in [6.45, 7) is 3.69. The molecule has 0 saturated heterocycles. The van der Waals surface area contributed by atoms with Gasteiger partial charge in [-0.05, 0) is 54.4 Å². The molecule has 0 fully saturated rings. The van der Waals surface area contributed by atoms with Gasteiger partial charge in [0.05, 0.1) is 12.8 Å². The molecule has 4 N–H and O–H groups in total. The van der Waals surface area contributed by atoms with E-state index in [1.165, 1.54) is 7.11 Å². The van der Waals surface area contributed by atoms with Crippen LogP contribution in [0.2, 0.25) is 0 Å². The smallest absolute Gasteiger partial charge is 0.319 e. The number of amides is 4. The monoisotopic (exact) mass is 460 g/mol. The van der Waals surface area contributed by atoms with E-state index < -0.39 is 12.1 Å². The van der Waals surface area contributed by atoms with Crippen LogP contribution in [0, 0.1) is 5.92 Å². The van der Waals surface area contributed by atoms with E-state index in [0.717, 1.165) is 0 Å². The predicted molar refractivity (Wildman–Crippen MR) is 133 cm³/mol. The fraction of sp³-hybridized carbons (Fsp3) is 0.192. The summed E-state index contributed by atoms with van der Waals surface area (Å²) >= 11 is 0. The number of benzene rings is 3. The highest BCUT2D eigenvalue weighted by atomic mass is 16.5. The molecule has 0 heterocycles. The van der Waals surface area contributed by atoms with Crippen molar-refractivity contribution in [3.63, 3.8) is 0 Å². The Morgan fingerprint density at radius 2 is 1.35 bits per heavy atom. The maximum Gasteiger partial charge on any atom is 0.319 e. The van der Waals surface area contributed by atoms with Crippen LogP contribution in [-0.4, -0.2) is 31.0 Å². The number of carbonyl (C=O) groups excluding carboxylic acids is 3. The first-order valence-electron chi connectivity index (χ1n) is 10.8. The van der Waals surface area contributed by atoms with E-state index in [-0.39, 0.29) is 17.7 Å². The molecule has 0 aromatic heterocycles. The van der Waals surface area contributed by atoms with Gasteiger partial charge in [-0.2, -0.15) is 0 Å². The standard InChI is InChI=1S/C26H28N4O4/c1-17(2)23(30-26(33)28-19-9-5-4-6-10-19)25(32)27-20-15-13-18(14-16-20)24(31)29-21-11-7-8-12-22(21)34-3/h4-17,23H,1-3H3,(H,27,32)(H,29,31)(H2,28,30,33). The molecule has 1 atom stereocenters. The number of hydrogen-bond donors (Lipinski definition) is 4. The molecule has 3 aromatic rings. The third-order valence-corrected chi connectivity index (χ3v) is 5.04. The average Bonchev–Trinajstić information content (AvgIpc) is 2.83. The van der Waals surface area contributed by atoms with E-state index in [4.69, 9.17) is 4.74 Å². The first kappa shape index (κ1) is 24.3. The predicted octanol–water partition coefficient (Wildman–Crippen LogP) is 4.73. The molecular formula is C26H28N4O4. The second-order valence-corrected chi connectivity index (χ2v) is 7.91. The zero-order chi connectivity index (χ0) is 24.5. The van der Waals surface area contributed by atoms with Crippen molar-refractivity contribution >= 4 is 34.9 Å². The number of ether oxygens (including phenoxy) is 1. The fourth-order valence-electron chi connectivity index (χ4n) is 3.23. The molecule has 4 amide bonds. The van der Waals surface area contributed by atoms with Crippen molar-refractivity contribution in [3.05, 3.63) is 84.4 Å². The van der Waals surface area contributed by atoms with E-state index in [0.29, 0.717) is 28.4 Å². The van der Waals surface area contributed by atoms with Crippen LogP contribution in [0.4, 0.5) is 21.9 Å². The molecule has 0 bridgehead atoms. The molecule has 0 aliphatic rings. The maximum atomic E-state index is 12.8. The summed E-state index contributed by atoms with van der Waals surface area (Å²) in [5.41, 5.74) is 2.12. The minimum Gasteiger partial charge on any atom is -0.495 e. The highest BCUT2D eigenvalue weighted by Crippen LogP contribution is 2.24. The van der Waals surface area contributed by atoms with Crippen LogP contribution in [-0.2, 0) is 4.79 Å². The maximum absolute atomic E-state index is 12.8. The zero-order valence-electron chi connectivity index (χ0n) is 19.3. The Bertz CT molecular complexity index is 1130. The van der Waals surface area contributed by atoms with Crippen molar-refractivity contribution in [3.8, 4) is 5.75 Å². The molecule has 176 valence electrons. The van der Waals surface area contributed by atoms with Gasteiger partial charge in [-0.1, -0.05) is 44.2 Å². The van der Waals surface area contributed by atoms with Gasteiger partial charge in [-0.25, -0.2) is 4.79 Å². The van der Waals surface area contributed by atoms with Gasteiger partial charge >= 0.3 is 6.03 Å². The number of carbonyl (C=O) groups is 3. The number of nitrogens with one attached hydrogen (secondary N) is 4. The van der Waals surface area contributed by atoms with Crippen molar-refractivity contribution in [2.75, 3.05) is 23.1 Å². The second kappa shape index (κ2) is 11.5. The van der Waals surface area contributed by atoms with Crippen molar-refractivity contribution in [1.29, 1.82) is 0 Å². The number of anilines is 3. The summed E-state index contributed by atoms with van der Waals surface area (Å²) in [6, 6.07) is 21.4. The van der Waals surface area contributed by atoms with E-state index in [9.17, 15) is 14.4 Å². The molecule has 0 aliphatic carbocycles. The highest BCUT2D eigenvalue weighted by molar-refractivity contribution is 6.05. The normalized spacial score (nSPS) is 11.3. The Morgan fingerprint density at radius 3 is 2.00 bits per heavy atom. The molecule has 3 rings (SSSR count). The molecule has 8 nitrogen and oxygen atoms in total. The summed E-state index contributed by atoms with van der Waals surface area (Å²) in [6.07, 6.45) is 0. The Kier molecular flexibility index (Phi) is 8.23. The van der Waals surface area contributed by atoms with E-state index in [1.54, 1.807) is 54.6 Å². The molecule has 1 unspecified atom stereocenters. The Morgan fingerprint density at radius 1 is 0.735 bits per heavy atom. The Hall–Kier alpha value is -4.33. The molecular weight excluding hydrogens is 432 g/mol. The molecule has 3 aromatic carbocycles. The summed E-state index contributed by atoms with van der Waals surface area (Å²) < 4.78 is 5.25. The van der Waals surface area contributed by atoms with Crippen LogP contribution in [0.15, 0.2) is 78.9 Å². The van der Waals surface area contributed by atoms with Crippen LogP contribution in [0.25, 0.3) is 0 Å². The van der Waals surface area contributed by atoms with Crippen molar-refractivity contribution in [2.45, 2.75) is 19.9 Å². The van der Waals surface area contributed by atoms with Gasteiger partial charge in [0.25, 0.3) is 5.91 Å². The second-order valence-electron chi connectivity index (χ2n) is 7.91. The van der Waals surface area contributed by atoms with Gasteiger partial charge in [-0.15, -0.1) is 0 Å². The minimum atomic E-state index is -0.753. The third kappa shape index (κ3) is 6.59. The fourth-order valence-corrected chi connectivity index (χ4v) is 3.23. The first-order valence-corrected chi connectivity index (χ1v) is 10.8. The molecule has 0 radical (unpaired) electrons. The summed E-state index contributed by atoms with van der Waals surface area (Å²) in [5.74, 6) is -0.248. The number of hydrogen-bond acceptors (Lipinski definition) is 4. The Labute approximate surface area is 198 Å². The molecule has 0 spiro atoms. The highest BCUT2D eigenvalue weighted by Gasteiger charge is 2.24.